The molecule has 132 valence electrons. The monoisotopic (exact) mass is 341 g/mol. The summed E-state index contributed by atoms with van der Waals surface area (Å²) in [6.07, 6.45) is 5.02. The number of ether oxygens (including phenoxy) is 1. The summed E-state index contributed by atoms with van der Waals surface area (Å²) in [7, 11) is 3.26. The number of fused-ring (bicyclic) bond motifs is 1. The molecule has 1 aliphatic rings. The summed E-state index contributed by atoms with van der Waals surface area (Å²) in [5.74, 6) is -0.0690. The van der Waals surface area contributed by atoms with E-state index in [9.17, 15) is 9.59 Å². The molecule has 1 aromatic heterocycles. The average molecular weight is 341 g/mol. The number of amides is 1. The molecule has 0 N–H and O–H groups in total. The molecule has 1 atom stereocenters. The Morgan fingerprint density at radius 1 is 1.28 bits per heavy atom. The first-order valence-corrected chi connectivity index (χ1v) is 8.49. The number of rotatable bonds is 5. The fourth-order valence-electron chi connectivity index (χ4n) is 3.35. The largest absolute Gasteiger partial charge is 0.469 e. The third kappa shape index (κ3) is 3.90. The Morgan fingerprint density at radius 2 is 2.08 bits per heavy atom. The number of hydrogen-bond donors (Lipinski definition) is 0. The molecule has 0 spiro atoms. The summed E-state index contributed by atoms with van der Waals surface area (Å²) in [5.41, 5.74) is 3.54. The lowest BCUT2D eigenvalue weighted by atomic mass is 9.86. The normalized spacial score (nSPS) is 16.4. The van der Waals surface area contributed by atoms with Crippen LogP contribution in [-0.4, -0.2) is 40.2 Å². The van der Waals surface area contributed by atoms with Crippen LogP contribution in [0.5, 0.6) is 0 Å². The average Bonchev–Trinajstić information content (AvgIpc) is 3.06. The third-order valence-electron chi connectivity index (χ3n) is 4.67. The van der Waals surface area contributed by atoms with Crippen molar-refractivity contribution in [2.75, 3.05) is 13.7 Å². The van der Waals surface area contributed by atoms with Crippen molar-refractivity contribution < 1.29 is 14.3 Å². The molecule has 2 aromatic rings. The van der Waals surface area contributed by atoms with Gasteiger partial charge in [0.15, 0.2) is 0 Å². The van der Waals surface area contributed by atoms with Gasteiger partial charge in [-0.05, 0) is 23.1 Å². The number of esters is 1. The van der Waals surface area contributed by atoms with E-state index in [1.54, 1.807) is 4.68 Å². The minimum Gasteiger partial charge on any atom is -0.469 e. The van der Waals surface area contributed by atoms with Gasteiger partial charge in [0, 0.05) is 45.1 Å². The van der Waals surface area contributed by atoms with Crippen LogP contribution in [0.2, 0.25) is 0 Å². The van der Waals surface area contributed by atoms with Crippen LogP contribution in [-0.2, 0) is 27.9 Å². The van der Waals surface area contributed by atoms with Crippen LogP contribution in [0.4, 0.5) is 0 Å². The fourth-order valence-corrected chi connectivity index (χ4v) is 3.35. The lowest BCUT2D eigenvalue weighted by Crippen LogP contribution is -2.38. The maximum absolute atomic E-state index is 12.6. The second-order valence-electron chi connectivity index (χ2n) is 6.40. The highest BCUT2D eigenvalue weighted by molar-refractivity contribution is 5.77. The maximum Gasteiger partial charge on any atom is 0.305 e. The molecular formula is C19H23N3O3. The first-order valence-electron chi connectivity index (χ1n) is 8.49. The van der Waals surface area contributed by atoms with Gasteiger partial charge in [0.2, 0.25) is 5.91 Å². The summed E-state index contributed by atoms with van der Waals surface area (Å²) < 4.78 is 6.41. The van der Waals surface area contributed by atoms with Crippen molar-refractivity contribution in [3.8, 4) is 0 Å². The van der Waals surface area contributed by atoms with Crippen molar-refractivity contribution in [1.82, 2.24) is 14.7 Å². The van der Waals surface area contributed by atoms with Gasteiger partial charge in [-0.1, -0.05) is 24.3 Å². The molecule has 0 fully saturated rings. The number of aryl methyl sites for hydroxylation is 1. The number of aromatic nitrogens is 2. The number of methoxy groups -OCH3 is 1. The van der Waals surface area contributed by atoms with E-state index in [-0.39, 0.29) is 24.2 Å². The molecule has 0 bridgehead atoms. The smallest absolute Gasteiger partial charge is 0.305 e. The van der Waals surface area contributed by atoms with E-state index in [0.29, 0.717) is 25.9 Å². The molecule has 1 aliphatic heterocycles. The molecule has 0 radical (unpaired) electrons. The van der Waals surface area contributed by atoms with Crippen molar-refractivity contribution >= 4 is 11.9 Å². The van der Waals surface area contributed by atoms with Crippen molar-refractivity contribution in [1.29, 1.82) is 0 Å². The molecule has 1 amide bonds. The van der Waals surface area contributed by atoms with E-state index in [4.69, 9.17) is 0 Å². The first-order chi connectivity index (χ1) is 12.1. The summed E-state index contributed by atoms with van der Waals surface area (Å²) in [6.45, 7) is 1.25. The second-order valence-corrected chi connectivity index (χ2v) is 6.40. The zero-order chi connectivity index (χ0) is 17.8. The summed E-state index contributed by atoms with van der Waals surface area (Å²) >= 11 is 0. The minimum absolute atomic E-state index is 0.0762. The highest BCUT2D eigenvalue weighted by Crippen LogP contribution is 2.33. The molecule has 6 heteroatoms. The standard InChI is InChI=1S/C19H23N3O3/c1-21-11-15(10-20-21)17-13-22(12-14-6-3-4-7-16(14)17)18(23)8-5-9-19(24)25-2/h3-4,6-7,10-11,17H,5,8-9,12-13H2,1-2H3. The zero-order valence-electron chi connectivity index (χ0n) is 14.6. The van der Waals surface area contributed by atoms with Gasteiger partial charge in [0.05, 0.1) is 13.3 Å². The molecular weight excluding hydrogens is 318 g/mol. The Balaban J connectivity index is 1.75. The van der Waals surface area contributed by atoms with Crippen molar-refractivity contribution in [3.05, 3.63) is 53.3 Å². The van der Waals surface area contributed by atoms with E-state index in [0.717, 1.165) is 5.56 Å². The highest BCUT2D eigenvalue weighted by atomic mass is 16.5. The Hall–Kier alpha value is -2.63. The van der Waals surface area contributed by atoms with Gasteiger partial charge < -0.3 is 9.64 Å². The van der Waals surface area contributed by atoms with Crippen molar-refractivity contribution in [2.45, 2.75) is 31.7 Å². The summed E-state index contributed by atoms with van der Waals surface area (Å²) in [6, 6.07) is 8.25. The molecule has 6 nitrogen and oxygen atoms in total. The first kappa shape index (κ1) is 17.2. The van der Waals surface area contributed by atoms with Gasteiger partial charge in [0.25, 0.3) is 0 Å². The SMILES string of the molecule is COC(=O)CCCC(=O)N1Cc2ccccc2C(c2cnn(C)c2)C1. The van der Waals surface area contributed by atoms with Crippen LogP contribution < -0.4 is 0 Å². The fraction of sp³-hybridized carbons (Fsp3) is 0.421. The molecule has 0 saturated carbocycles. The van der Waals surface area contributed by atoms with E-state index in [2.05, 4.69) is 22.0 Å². The molecule has 0 aliphatic carbocycles. The van der Waals surface area contributed by atoms with Crippen molar-refractivity contribution in [2.24, 2.45) is 7.05 Å². The molecule has 3 rings (SSSR count). The molecule has 1 aromatic carbocycles. The van der Waals surface area contributed by atoms with Crippen LogP contribution in [0.3, 0.4) is 0 Å². The molecule has 1 unspecified atom stereocenters. The molecule has 25 heavy (non-hydrogen) atoms. The lowest BCUT2D eigenvalue weighted by Gasteiger charge is -2.34. The zero-order valence-corrected chi connectivity index (χ0v) is 14.6. The van der Waals surface area contributed by atoms with Crippen LogP contribution in [0, 0.1) is 0 Å². The summed E-state index contributed by atoms with van der Waals surface area (Å²) in [4.78, 5) is 25.7. The number of carbonyl (C=O) groups excluding carboxylic acids is 2. The quantitative estimate of drug-likeness (QED) is 0.783. The Bertz CT molecular complexity index is 769. The number of carbonyl (C=O) groups is 2. The van der Waals surface area contributed by atoms with Crippen LogP contribution in [0.25, 0.3) is 0 Å². The highest BCUT2D eigenvalue weighted by Gasteiger charge is 2.29. The van der Waals surface area contributed by atoms with E-state index in [1.165, 1.54) is 18.2 Å². The Kier molecular flexibility index (Phi) is 5.16. The number of hydrogen-bond acceptors (Lipinski definition) is 4. The van der Waals surface area contributed by atoms with E-state index in [1.807, 2.05) is 36.5 Å². The molecule has 2 heterocycles. The van der Waals surface area contributed by atoms with E-state index >= 15 is 0 Å². The predicted molar refractivity (Wildman–Crippen MR) is 92.8 cm³/mol. The maximum atomic E-state index is 12.6. The van der Waals surface area contributed by atoms with Gasteiger partial charge in [-0.3, -0.25) is 14.3 Å². The Labute approximate surface area is 147 Å². The van der Waals surface area contributed by atoms with Gasteiger partial charge in [-0.2, -0.15) is 5.10 Å². The van der Waals surface area contributed by atoms with Crippen LogP contribution >= 0.6 is 0 Å². The molecule has 0 saturated heterocycles. The van der Waals surface area contributed by atoms with Gasteiger partial charge in [0.1, 0.15) is 0 Å². The number of benzene rings is 1. The number of nitrogens with zero attached hydrogens (tertiary/aromatic N) is 3. The minimum atomic E-state index is -0.273. The van der Waals surface area contributed by atoms with Gasteiger partial charge in [-0.15, -0.1) is 0 Å². The second kappa shape index (κ2) is 7.51. The van der Waals surface area contributed by atoms with Crippen molar-refractivity contribution in [3.63, 3.8) is 0 Å². The Morgan fingerprint density at radius 3 is 2.80 bits per heavy atom. The van der Waals surface area contributed by atoms with Crippen LogP contribution in [0.1, 0.15) is 41.9 Å². The summed E-state index contributed by atoms with van der Waals surface area (Å²) in [5, 5.41) is 4.27. The van der Waals surface area contributed by atoms with Crippen LogP contribution in [0.15, 0.2) is 36.7 Å². The third-order valence-corrected chi connectivity index (χ3v) is 4.67. The topological polar surface area (TPSA) is 64.4 Å². The predicted octanol–water partition coefficient (Wildman–Crippen LogP) is 2.24. The van der Waals surface area contributed by atoms with E-state index < -0.39 is 0 Å². The van der Waals surface area contributed by atoms with Gasteiger partial charge >= 0.3 is 5.97 Å². The lowest BCUT2D eigenvalue weighted by molar-refractivity contribution is -0.141. The van der Waals surface area contributed by atoms with Gasteiger partial charge in [-0.25, -0.2) is 0 Å².